The quantitative estimate of drug-likeness (QED) is 0.892. The van der Waals surface area contributed by atoms with Crippen LogP contribution in [-0.4, -0.2) is 26.1 Å². The molecule has 2 aliphatic heterocycles. The number of anilines is 1. The Morgan fingerprint density at radius 1 is 1.33 bits per heavy atom. The van der Waals surface area contributed by atoms with Gasteiger partial charge in [0.25, 0.3) is 0 Å². The number of hydrogen-bond donors (Lipinski definition) is 1. The van der Waals surface area contributed by atoms with E-state index < -0.39 is 10.2 Å². The molecule has 0 aromatic heterocycles. The van der Waals surface area contributed by atoms with Gasteiger partial charge in [-0.1, -0.05) is 18.2 Å². The Morgan fingerprint density at radius 2 is 2.04 bits per heavy atom. The fraction of sp³-hybridized carbons (Fsp3) is 0.412. The van der Waals surface area contributed by atoms with E-state index in [1.165, 1.54) is 5.56 Å². The summed E-state index contributed by atoms with van der Waals surface area (Å²) in [4.78, 5) is 14.8. The van der Waals surface area contributed by atoms with Crippen molar-refractivity contribution in [2.75, 3.05) is 4.90 Å². The third kappa shape index (κ3) is 3.08. The van der Waals surface area contributed by atoms with Gasteiger partial charge in [0.15, 0.2) is 0 Å². The molecule has 2 aliphatic rings. The highest BCUT2D eigenvalue weighted by molar-refractivity contribution is 7.88. The SMILES string of the molecule is CC1=NS(=O)(=O)NC(C)=C1CC(=O)N1c2ccccc2CC[C@H]1C. The first-order valence-corrected chi connectivity index (χ1v) is 9.42. The van der Waals surface area contributed by atoms with Crippen molar-refractivity contribution in [3.05, 3.63) is 41.1 Å². The number of carbonyl (C=O) groups is 1. The highest BCUT2D eigenvalue weighted by Gasteiger charge is 2.30. The molecule has 1 N–H and O–H groups in total. The second-order valence-electron chi connectivity index (χ2n) is 6.31. The van der Waals surface area contributed by atoms with E-state index in [1.54, 1.807) is 13.8 Å². The smallest absolute Gasteiger partial charge is 0.309 e. The number of aryl methyl sites for hydroxylation is 1. The lowest BCUT2D eigenvalue weighted by Crippen LogP contribution is -2.43. The van der Waals surface area contributed by atoms with Crippen molar-refractivity contribution in [3.8, 4) is 0 Å². The first-order valence-electron chi connectivity index (χ1n) is 7.98. The molecular formula is C17H21N3O3S. The molecule has 1 aromatic carbocycles. The molecule has 0 spiro atoms. The maximum atomic E-state index is 13.0. The van der Waals surface area contributed by atoms with Gasteiger partial charge in [-0.15, -0.1) is 4.40 Å². The van der Waals surface area contributed by atoms with Crippen molar-refractivity contribution in [1.29, 1.82) is 0 Å². The highest BCUT2D eigenvalue weighted by atomic mass is 32.2. The van der Waals surface area contributed by atoms with Gasteiger partial charge in [0.05, 0.1) is 12.1 Å². The van der Waals surface area contributed by atoms with Crippen LogP contribution in [0, 0.1) is 0 Å². The zero-order valence-electron chi connectivity index (χ0n) is 14.0. The van der Waals surface area contributed by atoms with Gasteiger partial charge < -0.3 is 4.90 Å². The maximum absolute atomic E-state index is 13.0. The van der Waals surface area contributed by atoms with Crippen LogP contribution in [0.1, 0.15) is 39.2 Å². The van der Waals surface area contributed by atoms with Gasteiger partial charge in [-0.05, 0) is 45.2 Å². The Balaban J connectivity index is 1.90. The second-order valence-corrected chi connectivity index (χ2v) is 7.65. The molecule has 0 fully saturated rings. The summed E-state index contributed by atoms with van der Waals surface area (Å²) in [6.07, 6.45) is 2.01. The van der Waals surface area contributed by atoms with Crippen LogP contribution in [0.3, 0.4) is 0 Å². The molecule has 2 heterocycles. The topological polar surface area (TPSA) is 78.8 Å². The summed E-state index contributed by atoms with van der Waals surface area (Å²) in [5, 5.41) is 0. The molecular weight excluding hydrogens is 326 g/mol. The summed E-state index contributed by atoms with van der Waals surface area (Å²) in [7, 11) is -3.68. The number of rotatable bonds is 2. The molecule has 7 heteroatoms. The van der Waals surface area contributed by atoms with Gasteiger partial charge >= 0.3 is 10.2 Å². The summed E-state index contributed by atoms with van der Waals surface area (Å²) < 4.78 is 29.2. The van der Waals surface area contributed by atoms with Gasteiger partial charge in [0.2, 0.25) is 5.91 Å². The molecule has 0 bridgehead atoms. The summed E-state index contributed by atoms with van der Waals surface area (Å²) >= 11 is 0. The number of hydrogen-bond acceptors (Lipinski definition) is 3. The predicted octanol–water partition coefficient (Wildman–Crippen LogP) is 2.33. The van der Waals surface area contributed by atoms with Crippen LogP contribution >= 0.6 is 0 Å². The van der Waals surface area contributed by atoms with Crippen molar-refractivity contribution < 1.29 is 13.2 Å². The summed E-state index contributed by atoms with van der Waals surface area (Å²) in [6, 6.07) is 8.05. The zero-order chi connectivity index (χ0) is 17.5. The van der Waals surface area contributed by atoms with E-state index in [0.29, 0.717) is 17.0 Å². The molecule has 0 saturated carbocycles. The molecule has 3 rings (SSSR count). The lowest BCUT2D eigenvalue weighted by molar-refractivity contribution is -0.118. The summed E-state index contributed by atoms with van der Waals surface area (Å²) in [6.45, 7) is 5.32. The Kier molecular flexibility index (Phi) is 4.21. The number of benzene rings is 1. The average molecular weight is 347 g/mol. The molecule has 128 valence electrons. The van der Waals surface area contributed by atoms with Crippen LogP contribution in [0.4, 0.5) is 5.69 Å². The largest absolute Gasteiger partial charge is 0.342 e. The van der Waals surface area contributed by atoms with Crippen molar-refractivity contribution >= 4 is 27.5 Å². The van der Waals surface area contributed by atoms with Crippen molar-refractivity contribution in [2.45, 2.75) is 46.1 Å². The van der Waals surface area contributed by atoms with Crippen LogP contribution in [0.25, 0.3) is 0 Å². The van der Waals surface area contributed by atoms with Gasteiger partial charge in [-0.2, -0.15) is 8.42 Å². The standard InChI is InChI=1S/C17H21N3O3S/c1-11-8-9-14-6-4-5-7-16(14)20(11)17(21)10-15-12(2)18-24(22,23)19-13(15)3/h4-7,11,18H,8-10H2,1-3H3/t11-/m1/s1. The van der Waals surface area contributed by atoms with Crippen LogP contribution < -0.4 is 9.62 Å². The van der Waals surface area contributed by atoms with Gasteiger partial charge in [-0.3, -0.25) is 9.52 Å². The number of amides is 1. The van der Waals surface area contributed by atoms with Gasteiger partial charge in [-0.25, -0.2) is 0 Å². The van der Waals surface area contributed by atoms with Gasteiger partial charge in [0.1, 0.15) is 0 Å². The second kappa shape index (κ2) is 6.05. The number of nitrogens with zero attached hydrogens (tertiary/aromatic N) is 2. The number of carbonyl (C=O) groups excluding carboxylic acids is 1. The van der Waals surface area contributed by atoms with Gasteiger partial charge in [0, 0.05) is 23.0 Å². The molecule has 0 aliphatic carbocycles. The molecule has 0 saturated heterocycles. The summed E-state index contributed by atoms with van der Waals surface area (Å²) in [5.74, 6) is -0.0420. The minimum Gasteiger partial charge on any atom is -0.309 e. The number of nitrogens with one attached hydrogen (secondary N) is 1. The Morgan fingerprint density at radius 3 is 2.75 bits per heavy atom. The molecule has 1 aromatic rings. The Hall–Kier alpha value is -2.15. The molecule has 0 radical (unpaired) electrons. The monoisotopic (exact) mass is 347 g/mol. The first-order chi connectivity index (χ1) is 11.3. The lowest BCUT2D eigenvalue weighted by Gasteiger charge is -2.35. The van der Waals surface area contributed by atoms with E-state index in [-0.39, 0.29) is 18.4 Å². The lowest BCUT2D eigenvalue weighted by atomic mass is 9.95. The molecule has 0 unspecified atom stereocenters. The minimum absolute atomic E-state index is 0.0420. The van der Waals surface area contributed by atoms with Crippen molar-refractivity contribution in [3.63, 3.8) is 0 Å². The molecule has 24 heavy (non-hydrogen) atoms. The Labute approximate surface area is 142 Å². The number of para-hydroxylation sites is 1. The minimum atomic E-state index is -3.68. The third-order valence-corrected chi connectivity index (χ3v) is 5.63. The predicted molar refractivity (Wildman–Crippen MR) is 94.2 cm³/mol. The third-order valence-electron chi connectivity index (χ3n) is 4.55. The van der Waals surface area contributed by atoms with E-state index in [2.05, 4.69) is 9.12 Å². The number of fused-ring (bicyclic) bond motifs is 1. The van der Waals surface area contributed by atoms with E-state index in [4.69, 9.17) is 0 Å². The first kappa shape index (κ1) is 16.7. The average Bonchev–Trinajstić information content (AvgIpc) is 2.49. The van der Waals surface area contributed by atoms with E-state index in [1.807, 2.05) is 36.1 Å². The van der Waals surface area contributed by atoms with Crippen molar-refractivity contribution in [1.82, 2.24) is 4.72 Å². The molecule has 1 amide bonds. The zero-order valence-corrected chi connectivity index (χ0v) is 14.9. The number of allylic oxidation sites excluding steroid dienone is 1. The highest BCUT2D eigenvalue weighted by Crippen LogP contribution is 2.32. The van der Waals surface area contributed by atoms with Crippen LogP contribution in [0.2, 0.25) is 0 Å². The van der Waals surface area contributed by atoms with Crippen molar-refractivity contribution in [2.24, 2.45) is 4.40 Å². The summed E-state index contributed by atoms with van der Waals surface area (Å²) in [5.41, 5.74) is 3.60. The van der Waals surface area contributed by atoms with E-state index >= 15 is 0 Å². The molecule has 6 nitrogen and oxygen atoms in total. The van der Waals surface area contributed by atoms with Crippen LogP contribution in [-0.2, 0) is 21.4 Å². The Bertz CT molecular complexity index is 856. The molecule has 1 atom stereocenters. The normalized spacial score (nSPS) is 22.5. The van der Waals surface area contributed by atoms with Crippen LogP contribution in [0.5, 0.6) is 0 Å². The van der Waals surface area contributed by atoms with E-state index in [9.17, 15) is 13.2 Å². The fourth-order valence-corrected chi connectivity index (χ4v) is 4.38. The maximum Gasteiger partial charge on any atom is 0.342 e. The van der Waals surface area contributed by atoms with Crippen LogP contribution in [0.15, 0.2) is 39.9 Å². The van der Waals surface area contributed by atoms with E-state index in [0.717, 1.165) is 18.5 Å². The fourth-order valence-electron chi connectivity index (χ4n) is 3.35.